The van der Waals surface area contributed by atoms with E-state index in [-0.39, 0.29) is 0 Å². The monoisotopic (exact) mass is 409 g/mol. The largest absolute Gasteiger partial charge is 0.371 e. The van der Waals surface area contributed by atoms with Crippen LogP contribution >= 0.6 is 11.6 Å². The molecule has 1 aliphatic rings. The third-order valence-corrected chi connectivity index (χ3v) is 7.00. The minimum Gasteiger partial charge on any atom is -0.371 e. The lowest BCUT2D eigenvalue weighted by Crippen LogP contribution is -2.33. The Morgan fingerprint density at radius 3 is 2.21 bits per heavy atom. The van der Waals surface area contributed by atoms with E-state index in [4.69, 9.17) is 16.6 Å². The van der Waals surface area contributed by atoms with Crippen LogP contribution in [-0.2, 0) is 0 Å². The summed E-state index contributed by atoms with van der Waals surface area (Å²) >= 11 is 6.32. The molecule has 0 bridgehead atoms. The number of aryl methyl sites for hydroxylation is 4. The molecule has 29 heavy (non-hydrogen) atoms. The van der Waals surface area contributed by atoms with Gasteiger partial charge in [0.25, 0.3) is 0 Å². The van der Waals surface area contributed by atoms with Gasteiger partial charge in [-0.1, -0.05) is 24.9 Å². The van der Waals surface area contributed by atoms with Gasteiger partial charge in [0.15, 0.2) is 0 Å². The Labute approximate surface area is 179 Å². The van der Waals surface area contributed by atoms with Crippen LogP contribution in [0.25, 0.3) is 16.7 Å². The molecular formula is C25H32ClN3. The van der Waals surface area contributed by atoms with Crippen molar-refractivity contribution in [2.24, 2.45) is 5.92 Å². The Balaban J connectivity index is 1.94. The van der Waals surface area contributed by atoms with Crippen LogP contribution in [0.3, 0.4) is 0 Å². The number of benzene rings is 1. The van der Waals surface area contributed by atoms with Gasteiger partial charge in [-0.25, -0.2) is 4.98 Å². The number of hydrogen-bond donors (Lipinski definition) is 0. The summed E-state index contributed by atoms with van der Waals surface area (Å²) in [7, 11) is 0. The van der Waals surface area contributed by atoms with Crippen LogP contribution in [0, 0.1) is 40.5 Å². The number of halogens is 1. The van der Waals surface area contributed by atoms with Gasteiger partial charge in [0, 0.05) is 40.6 Å². The van der Waals surface area contributed by atoms with Gasteiger partial charge < -0.3 is 4.90 Å². The maximum atomic E-state index is 6.32. The number of aromatic nitrogens is 2. The average Bonchev–Trinajstić information content (AvgIpc) is 2.92. The van der Waals surface area contributed by atoms with Crippen LogP contribution in [0.4, 0.5) is 5.69 Å². The van der Waals surface area contributed by atoms with Crippen molar-refractivity contribution in [3.05, 3.63) is 51.3 Å². The molecule has 4 rings (SSSR count). The highest BCUT2D eigenvalue weighted by atomic mass is 35.5. The topological polar surface area (TPSA) is 21.1 Å². The molecule has 4 heteroatoms. The van der Waals surface area contributed by atoms with Crippen molar-refractivity contribution in [3.63, 3.8) is 0 Å². The maximum absolute atomic E-state index is 6.32. The molecule has 0 atom stereocenters. The predicted molar refractivity (Wildman–Crippen MR) is 125 cm³/mol. The van der Waals surface area contributed by atoms with Gasteiger partial charge in [-0.05, 0) is 88.3 Å². The smallest absolute Gasteiger partial charge is 0.147 e. The van der Waals surface area contributed by atoms with E-state index in [0.717, 1.165) is 35.4 Å². The number of fused-ring (bicyclic) bond motifs is 1. The summed E-state index contributed by atoms with van der Waals surface area (Å²) in [6.45, 7) is 15.5. The van der Waals surface area contributed by atoms with E-state index in [1.165, 1.54) is 58.4 Å². The molecule has 0 aliphatic carbocycles. The summed E-state index contributed by atoms with van der Waals surface area (Å²) in [6, 6.07) is 6.39. The van der Waals surface area contributed by atoms with Gasteiger partial charge in [-0.2, -0.15) is 0 Å². The standard InChI is InChI=1S/C25H32ClN3/c1-7-20-8-10-28(11-9-20)22-14-17(4)27-25-23(22)18(5)19(6)29(25)24-15(2)12-21(26)13-16(24)3/h12-14,20H,7-11H2,1-6H3. The molecule has 154 valence electrons. The van der Waals surface area contributed by atoms with Gasteiger partial charge in [-0.3, -0.25) is 4.57 Å². The molecule has 0 amide bonds. The van der Waals surface area contributed by atoms with Crippen molar-refractivity contribution in [1.82, 2.24) is 9.55 Å². The van der Waals surface area contributed by atoms with Crippen molar-refractivity contribution in [2.45, 2.75) is 60.8 Å². The molecule has 0 radical (unpaired) electrons. The second kappa shape index (κ2) is 7.68. The van der Waals surface area contributed by atoms with Gasteiger partial charge >= 0.3 is 0 Å². The van der Waals surface area contributed by atoms with E-state index in [1.54, 1.807) is 0 Å². The maximum Gasteiger partial charge on any atom is 0.147 e. The fourth-order valence-corrected chi connectivity index (χ4v) is 5.36. The van der Waals surface area contributed by atoms with Crippen molar-refractivity contribution >= 4 is 28.3 Å². The quantitative estimate of drug-likeness (QED) is 0.471. The third kappa shape index (κ3) is 3.44. The molecule has 0 unspecified atom stereocenters. The zero-order chi connectivity index (χ0) is 20.9. The lowest BCUT2D eigenvalue weighted by molar-refractivity contribution is 0.395. The van der Waals surface area contributed by atoms with Crippen molar-refractivity contribution in [1.29, 1.82) is 0 Å². The molecule has 2 aromatic heterocycles. The Morgan fingerprint density at radius 2 is 1.62 bits per heavy atom. The van der Waals surface area contributed by atoms with E-state index < -0.39 is 0 Å². The Hall–Kier alpha value is -2.00. The lowest BCUT2D eigenvalue weighted by Gasteiger charge is -2.34. The molecule has 0 spiro atoms. The summed E-state index contributed by atoms with van der Waals surface area (Å²) in [5, 5.41) is 2.09. The fourth-order valence-electron chi connectivity index (χ4n) is 5.03. The lowest BCUT2D eigenvalue weighted by atomic mass is 9.94. The molecule has 1 aromatic carbocycles. The highest BCUT2D eigenvalue weighted by molar-refractivity contribution is 6.30. The highest BCUT2D eigenvalue weighted by Crippen LogP contribution is 2.38. The number of nitrogens with zero attached hydrogens (tertiary/aromatic N) is 3. The molecule has 0 N–H and O–H groups in total. The van der Waals surface area contributed by atoms with Crippen LogP contribution < -0.4 is 4.90 Å². The SMILES string of the molecule is CCC1CCN(c2cc(C)nc3c2c(C)c(C)n3-c2c(C)cc(Cl)cc2C)CC1. The average molecular weight is 410 g/mol. The number of piperidine rings is 1. The second-order valence-corrected chi connectivity index (χ2v) is 9.19. The van der Waals surface area contributed by atoms with Gasteiger partial charge in [0.05, 0.1) is 5.69 Å². The Morgan fingerprint density at radius 1 is 1.00 bits per heavy atom. The van der Waals surface area contributed by atoms with E-state index in [2.05, 4.69) is 69.2 Å². The van der Waals surface area contributed by atoms with Crippen LogP contribution in [0.2, 0.25) is 5.02 Å². The zero-order valence-electron chi connectivity index (χ0n) is 18.6. The first-order valence-electron chi connectivity index (χ1n) is 10.8. The molecule has 1 aliphatic heterocycles. The molecule has 3 nitrogen and oxygen atoms in total. The highest BCUT2D eigenvalue weighted by Gasteiger charge is 2.25. The van der Waals surface area contributed by atoms with E-state index in [1.807, 2.05) is 0 Å². The molecule has 3 aromatic rings. The minimum absolute atomic E-state index is 0.790. The third-order valence-electron chi connectivity index (χ3n) is 6.78. The number of pyridine rings is 1. The van der Waals surface area contributed by atoms with E-state index >= 15 is 0 Å². The summed E-state index contributed by atoms with van der Waals surface area (Å²) in [5.41, 5.74) is 9.66. The number of rotatable bonds is 3. The summed E-state index contributed by atoms with van der Waals surface area (Å²) < 4.78 is 2.35. The zero-order valence-corrected chi connectivity index (χ0v) is 19.3. The Kier molecular flexibility index (Phi) is 5.37. The van der Waals surface area contributed by atoms with Gasteiger partial charge in [-0.15, -0.1) is 0 Å². The van der Waals surface area contributed by atoms with Gasteiger partial charge in [0.1, 0.15) is 5.65 Å². The van der Waals surface area contributed by atoms with Crippen LogP contribution in [0.5, 0.6) is 0 Å². The van der Waals surface area contributed by atoms with Crippen molar-refractivity contribution < 1.29 is 0 Å². The first-order chi connectivity index (χ1) is 13.8. The normalized spacial score (nSPS) is 15.5. The summed E-state index contributed by atoms with van der Waals surface area (Å²) in [5.74, 6) is 0.872. The van der Waals surface area contributed by atoms with Crippen molar-refractivity contribution in [2.75, 3.05) is 18.0 Å². The fraction of sp³-hybridized carbons (Fsp3) is 0.480. The van der Waals surface area contributed by atoms with Crippen LogP contribution in [-0.4, -0.2) is 22.6 Å². The van der Waals surface area contributed by atoms with Crippen molar-refractivity contribution in [3.8, 4) is 5.69 Å². The summed E-state index contributed by atoms with van der Waals surface area (Å²) in [4.78, 5) is 7.61. The van der Waals surface area contributed by atoms with E-state index in [0.29, 0.717) is 0 Å². The molecular weight excluding hydrogens is 378 g/mol. The molecule has 0 saturated carbocycles. The Bertz CT molecular complexity index is 1050. The predicted octanol–water partition coefficient (Wildman–Crippen LogP) is 6.85. The van der Waals surface area contributed by atoms with E-state index in [9.17, 15) is 0 Å². The first-order valence-corrected chi connectivity index (χ1v) is 11.2. The molecule has 3 heterocycles. The summed E-state index contributed by atoms with van der Waals surface area (Å²) in [6.07, 6.45) is 3.86. The van der Waals surface area contributed by atoms with Gasteiger partial charge in [0.2, 0.25) is 0 Å². The first kappa shape index (κ1) is 20.3. The molecule has 1 fully saturated rings. The van der Waals surface area contributed by atoms with Crippen LogP contribution in [0.15, 0.2) is 18.2 Å². The molecule has 1 saturated heterocycles. The number of hydrogen-bond acceptors (Lipinski definition) is 2. The second-order valence-electron chi connectivity index (χ2n) is 8.75. The van der Waals surface area contributed by atoms with Crippen LogP contribution in [0.1, 0.15) is 54.3 Å². The minimum atomic E-state index is 0.790. The number of anilines is 1.